The zero-order chi connectivity index (χ0) is 22.1. The molecular weight excluding hydrogens is 410 g/mol. The van der Waals surface area contributed by atoms with Crippen LogP contribution in [-0.4, -0.2) is 27.4 Å². The van der Waals surface area contributed by atoms with E-state index in [4.69, 9.17) is 6.42 Å². The molecular formula is C24H23N3O3S. The number of anilines is 2. The number of terminal acetylenes is 1. The van der Waals surface area contributed by atoms with Gasteiger partial charge in [-0.05, 0) is 60.5 Å². The van der Waals surface area contributed by atoms with Crippen LogP contribution in [0.1, 0.15) is 15.9 Å². The minimum atomic E-state index is -3.69. The first kappa shape index (κ1) is 22.1. The number of carbonyl (C=O) groups is 1. The maximum absolute atomic E-state index is 12.4. The van der Waals surface area contributed by atoms with Crippen molar-refractivity contribution in [2.75, 3.05) is 23.7 Å². The van der Waals surface area contributed by atoms with Crippen molar-refractivity contribution in [2.45, 2.75) is 11.3 Å². The van der Waals surface area contributed by atoms with E-state index in [1.807, 2.05) is 42.5 Å². The Kier molecular flexibility index (Phi) is 7.44. The van der Waals surface area contributed by atoms with Gasteiger partial charge in [-0.3, -0.25) is 4.79 Å². The van der Waals surface area contributed by atoms with E-state index < -0.39 is 10.0 Å². The summed E-state index contributed by atoms with van der Waals surface area (Å²) >= 11 is 0. The fourth-order valence-corrected chi connectivity index (χ4v) is 3.81. The van der Waals surface area contributed by atoms with Crippen molar-refractivity contribution < 1.29 is 13.2 Å². The zero-order valence-electron chi connectivity index (χ0n) is 16.8. The highest BCUT2D eigenvalue weighted by molar-refractivity contribution is 7.89. The lowest BCUT2D eigenvalue weighted by Gasteiger charge is -2.09. The third-order valence-electron chi connectivity index (χ3n) is 4.52. The van der Waals surface area contributed by atoms with Gasteiger partial charge in [0.25, 0.3) is 5.91 Å². The number of rotatable bonds is 9. The monoisotopic (exact) mass is 433 g/mol. The van der Waals surface area contributed by atoms with Crippen LogP contribution in [0.5, 0.6) is 0 Å². The van der Waals surface area contributed by atoms with Gasteiger partial charge in [-0.25, -0.2) is 8.42 Å². The second-order valence-electron chi connectivity index (χ2n) is 6.75. The molecule has 3 N–H and O–H groups in total. The lowest BCUT2D eigenvalue weighted by atomic mass is 10.1. The van der Waals surface area contributed by atoms with Gasteiger partial charge in [0.05, 0.1) is 11.4 Å². The largest absolute Gasteiger partial charge is 0.385 e. The summed E-state index contributed by atoms with van der Waals surface area (Å²) in [6.07, 6.45) is 5.99. The van der Waals surface area contributed by atoms with Crippen LogP contribution in [0.2, 0.25) is 0 Å². The van der Waals surface area contributed by atoms with Crippen LogP contribution < -0.4 is 15.4 Å². The highest BCUT2D eigenvalue weighted by Gasteiger charge is 2.14. The van der Waals surface area contributed by atoms with Crippen LogP contribution in [0, 0.1) is 12.3 Å². The molecule has 0 radical (unpaired) electrons. The molecule has 0 spiro atoms. The number of carbonyl (C=O) groups excluding carboxylic acids is 1. The molecule has 0 atom stereocenters. The minimum Gasteiger partial charge on any atom is -0.385 e. The lowest BCUT2D eigenvalue weighted by molar-refractivity contribution is 0.102. The Morgan fingerprint density at radius 3 is 2.16 bits per heavy atom. The Labute approximate surface area is 182 Å². The molecule has 6 nitrogen and oxygen atoms in total. The Hall–Kier alpha value is -3.60. The first-order valence-corrected chi connectivity index (χ1v) is 11.2. The van der Waals surface area contributed by atoms with Crippen LogP contribution >= 0.6 is 0 Å². The fraction of sp³-hybridized carbons (Fsp3) is 0.125. The van der Waals surface area contributed by atoms with Gasteiger partial charge in [0.1, 0.15) is 0 Å². The molecule has 31 heavy (non-hydrogen) atoms. The average molecular weight is 434 g/mol. The summed E-state index contributed by atoms with van der Waals surface area (Å²) in [6.45, 7) is 0.711. The van der Waals surface area contributed by atoms with E-state index in [1.165, 1.54) is 29.8 Å². The van der Waals surface area contributed by atoms with Crippen LogP contribution in [-0.2, 0) is 16.4 Å². The van der Waals surface area contributed by atoms with Gasteiger partial charge in [-0.15, -0.1) is 6.42 Å². The SMILES string of the molecule is C#CCNS(=O)(=O)c1ccc(C(=O)Nc2ccc(NCCc3ccccc3)cc2)cc1. The van der Waals surface area contributed by atoms with Crippen LogP contribution in [0.3, 0.4) is 0 Å². The standard InChI is InChI=1S/C24H23N3O3S/c1-2-17-26-31(29,30)23-14-8-20(9-15-23)24(28)27-22-12-10-21(11-13-22)25-18-16-19-6-4-3-5-7-19/h1,3-15,25-26H,16-18H2,(H,27,28). The normalized spacial score (nSPS) is 10.8. The highest BCUT2D eigenvalue weighted by Crippen LogP contribution is 2.16. The number of amides is 1. The molecule has 0 aromatic heterocycles. The first-order chi connectivity index (χ1) is 15.0. The van der Waals surface area contributed by atoms with Crippen molar-refractivity contribution in [2.24, 2.45) is 0 Å². The average Bonchev–Trinajstić information content (AvgIpc) is 2.80. The quantitative estimate of drug-likeness (QED) is 0.451. The van der Waals surface area contributed by atoms with E-state index in [2.05, 4.69) is 33.4 Å². The third kappa shape index (κ3) is 6.44. The van der Waals surface area contributed by atoms with E-state index in [-0.39, 0.29) is 17.3 Å². The molecule has 0 aliphatic carbocycles. The molecule has 0 saturated heterocycles. The van der Waals surface area contributed by atoms with Gasteiger partial charge in [0.15, 0.2) is 0 Å². The van der Waals surface area contributed by atoms with Crippen molar-refractivity contribution in [3.8, 4) is 12.3 Å². The van der Waals surface area contributed by atoms with E-state index in [0.717, 1.165) is 18.7 Å². The summed E-state index contributed by atoms with van der Waals surface area (Å²) in [5, 5.41) is 6.15. The van der Waals surface area contributed by atoms with Crippen LogP contribution in [0.4, 0.5) is 11.4 Å². The Morgan fingerprint density at radius 1 is 0.871 bits per heavy atom. The Balaban J connectivity index is 1.53. The van der Waals surface area contributed by atoms with Crippen LogP contribution in [0.25, 0.3) is 0 Å². The number of sulfonamides is 1. The number of hydrogen-bond donors (Lipinski definition) is 3. The number of nitrogens with one attached hydrogen (secondary N) is 3. The molecule has 1 amide bonds. The molecule has 0 heterocycles. The van der Waals surface area contributed by atoms with Gasteiger partial charge >= 0.3 is 0 Å². The highest BCUT2D eigenvalue weighted by atomic mass is 32.2. The van der Waals surface area contributed by atoms with Crippen molar-refractivity contribution in [3.05, 3.63) is 90.0 Å². The van der Waals surface area contributed by atoms with Gasteiger partial charge in [0, 0.05) is 23.5 Å². The minimum absolute atomic E-state index is 0.0465. The summed E-state index contributed by atoms with van der Waals surface area (Å²) in [5.74, 6) is 1.89. The smallest absolute Gasteiger partial charge is 0.255 e. The van der Waals surface area contributed by atoms with Gasteiger partial charge < -0.3 is 10.6 Å². The number of hydrogen-bond acceptors (Lipinski definition) is 4. The van der Waals surface area contributed by atoms with Gasteiger partial charge in [-0.1, -0.05) is 36.3 Å². The van der Waals surface area contributed by atoms with Crippen molar-refractivity contribution >= 4 is 27.3 Å². The fourth-order valence-electron chi connectivity index (χ4n) is 2.88. The maximum Gasteiger partial charge on any atom is 0.255 e. The van der Waals surface area contributed by atoms with Crippen molar-refractivity contribution in [1.82, 2.24) is 4.72 Å². The summed E-state index contributed by atoms with van der Waals surface area (Å²) in [7, 11) is -3.69. The molecule has 7 heteroatoms. The van der Waals surface area contributed by atoms with E-state index in [9.17, 15) is 13.2 Å². The molecule has 3 aromatic rings. The summed E-state index contributed by atoms with van der Waals surface area (Å²) in [4.78, 5) is 12.5. The third-order valence-corrected chi connectivity index (χ3v) is 5.94. The molecule has 3 rings (SSSR count). The second kappa shape index (κ2) is 10.4. The zero-order valence-corrected chi connectivity index (χ0v) is 17.7. The van der Waals surface area contributed by atoms with Crippen LogP contribution in [0.15, 0.2) is 83.8 Å². The molecule has 0 saturated carbocycles. The number of benzene rings is 3. The molecule has 0 unspecified atom stereocenters. The first-order valence-electron chi connectivity index (χ1n) is 9.70. The van der Waals surface area contributed by atoms with Gasteiger partial charge in [0.2, 0.25) is 10.0 Å². The molecule has 0 fully saturated rings. The molecule has 0 aliphatic heterocycles. The summed E-state index contributed by atoms with van der Waals surface area (Å²) in [6, 6.07) is 23.3. The van der Waals surface area contributed by atoms with Crippen molar-refractivity contribution in [1.29, 1.82) is 0 Å². The van der Waals surface area contributed by atoms with E-state index >= 15 is 0 Å². The molecule has 0 aliphatic rings. The van der Waals surface area contributed by atoms with Gasteiger partial charge in [-0.2, -0.15) is 4.72 Å². The topological polar surface area (TPSA) is 87.3 Å². The lowest BCUT2D eigenvalue weighted by Crippen LogP contribution is -2.24. The second-order valence-corrected chi connectivity index (χ2v) is 8.51. The Bertz CT molecular complexity index is 1150. The molecule has 158 valence electrons. The van der Waals surface area contributed by atoms with Crippen molar-refractivity contribution in [3.63, 3.8) is 0 Å². The Morgan fingerprint density at radius 2 is 1.52 bits per heavy atom. The summed E-state index contributed by atoms with van der Waals surface area (Å²) < 4.78 is 26.3. The predicted molar refractivity (Wildman–Crippen MR) is 123 cm³/mol. The molecule has 3 aromatic carbocycles. The predicted octanol–water partition coefficient (Wildman–Crippen LogP) is 3.51. The molecule has 0 bridgehead atoms. The summed E-state index contributed by atoms with van der Waals surface area (Å²) in [5.41, 5.74) is 3.22. The van der Waals surface area contributed by atoms with E-state index in [0.29, 0.717) is 11.3 Å². The van der Waals surface area contributed by atoms with E-state index in [1.54, 1.807) is 0 Å². The maximum atomic E-state index is 12.4.